The normalized spacial score (nSPS) is 13.6. The third-order valence-electron chi connectivity index (χ3n) is 1.82. The maximum Gasteiger partial charge on any atom is 0.342 e. The summed E-state index contributed by atoms with van der Waals surface area (Å²) >= 11 is 0. The molecule has 1 unspecified atom stereocenters. The summed E-state index contributed by atoms with van der Waals surface area (Å²) in [5.41, 5.74) is -0.766. The maximum absolute atomic E-state index is 12.1. The van der Waals surface area contributed by atoms with Gasteiger partial charge in [0.1, 0.15) is 5.66 Å². The summed E-state index contributed by atoms with van der Waals surface area (Å²) in [4.78, 5) is 11.5. The largest absolute Gasteiger partial charge is 0.356 e. The molecule has 0 radical (unpaired) electrons. The predicted molar refractivity (Wildman–Crippen MR) is 59.0 cm³/mol. The van der Waals surface area contributed by atoms with Gasteiger partial charge >= 0.3 is 7.60 Å². The highest BCUT2D eigenvalue weighted by Crippen LogP contribution is 2.52. The first-order chi connectivity index (χ1) is 7.01. The average Bonchev–Trinajstić information content (AvgIpc) is 2.17. The average molecular weight is 237 g/mol. The van der Waals surface area contributed by atoms with Crippen molar-refractivity contribution >= 4 is 13.5 Å². The van der Waals surface area contributed by atoms with Crippen molar-refractivity contribution in [1.82, 2.24) is 5.32 Å². The number of amides is 1. The molecular formula is C9H20NO4P. The molecule has 1 N–H and O–H groups in total. The zero-order chi connectivity index (χ0) is 11.9. The lowest BCUT2D eigenvalue weighted by Gasteiger charge is -2.22. The highest BCUT2D eigenvalue weighted by atomic mass is 31.2. The minimum Gasteiger partial charge on any atom is -0.356 e. The summed E-state index contributed by atoms with van der Waals surface area (Å²) in [7, 11) is -3.31. The van der Waals surface area contributed by atoms with Gasteiger partial charge in [-0.3, -0.25) is 9.36 Å². The molecular weight excluding hydrogens is 217 g/mol. The highest BCUT2D eigenvalue weighted by molar-refractivity contribution is 7.55. The summed E-state index contributed by atoms with van der Waals surface area (Å²) in [5, 5.41) is 2.60. The van der Waals surface area contributed by atoms with Gasteiger partial charge in [0.2, 0.25) is 5.91 Å². The molecule has 0 aromatic rings. The fourth-order valence-electron chi connectivity index (χ4n) is 1.09. The Morgan fingerprint density at radius 1 is 1.27 bits per heavy atom. The zero-order valence-corrected chi connectivity index (χ0v) is 10.7. The van der Waals surface area contributed by atoms with Crippen molar-refractivity contribution in [3.63, 3.8) is 0 Å². The van der Waals surface area contributed by atoms with E-state index in [9.17, 15) is 9.36 Å². The second kappa shape index (κ2) is 6.99. The monoisotopic (exact) mass is 237 g/mol. The Morgan fingerprint density at radius 3 is 2.07 bits per heavy atom. The Labute approximate surface area is 91.1 Å². The maximum atomic E-state index is 12.1. The highest BCUT2D eigenvalue weighted by Gasteiger charge is 2.36. The van der Waals surface area contributed by atoms with E-state index in [2.05, 4.69) is 5.32 Å². The molecule has 0 fully saturated rings. The Hall–Kier alpha value is -0.380. The van der Waals surface area contributed by atoms with Crippen LogP contribution in [0.5, 0.6) is 0 Å². The van der Waals surface area contributed by atoms with E-state index in [1.807, 2.05) is 0 Å². The fraction of sp³-hybridized carbons (Fsp3) is 0.889. The lowest BCUT2D eigenvalue weighted by molar-refractivity contribution is -0.120. The van der Waals surface area contributed by atoms with Crippen molar-refractivity contribution in [2.75, 3.05) is 19.8 Å². The molecule has 0 aliphatic heterocycles. The number of rotatable bonds is 7. The van der Waals surface area contributed by atoms with Gasteiger partial charge < -0.3 is 14.4 Å². The zero-order valence-electron chi connectivity index (χ0n) is 9.78. The fourth-order valence-corrected chi connectivity index (χ4v) is 2.71. The van der Waals surface area contributed by atoms with E-state index in [1.54, 1.807) is 27.7 Å². The molecule has 0 rings (SSSR count). The summed E-state index contributed by atoms with van der Waals surface area (Å²) in [6, 6.07) is 0. The number of carbonyl (C=O) groups excluding carboxylic acids is 1. The second-order valence-electron chi connectivity index (χ2n) is 2.95. The minimum atomic E-state index is -3.31. The number of hydrogen-bond acceptors (Lipinski definition) is 4. The van der Waals surface area contributed by atoms with E-state index in [-0.39, 0.29) is 19.1 Å². The van der Waals surface area contributed by atoms with E-state index < -0.39 is 13.3 Å². The minimum absolute atomic E-state index is 0.265. The van der Waals surface area contributed by atoms with E-state index in [0.29, 0.717) is 6.54 Å². The third-order valence-corrected chi connectivity index (χ3v) is 4.24. The lowest BCUT2D eigenvalue weighted by atomic mass is 10.4. The molecule has 6 heteroatoms. The van der Waals surface area contributed by atoms with Crippen LogP contribution in [0.1, 0.15) is 27.7 Å². The summed E-state index contributed by atoms with van der Waals surface area (Å²) < 4.78 is 22.3. The SMILES string of the molecule is CCNC(=O)C(C)P(=O)(OCC)OCC. The van der Waals surface area contributed by atoms with Gasteiger partial charge in [-0.15, -0.1) is 0 Å². The lowest BCUT2D eigenvalue weighted by Crippen LogP contribution is -2.33. The Bertz CT molecular complexity index is 234. The van der Waals surface area contributed by atoms with Crippen molar-refractivity contribution < 1.29 is 18.4 Å². The molecule has 0 bridgehead atoms. The van der Waals surface area contributed by atoms with Gasteiger partial charge in [0.15, 0.2) is 0 Å². The van der Waals surface area contributed by atoms with E-state index in [4.69, 9.17) is 9.05 Å². The topological polar surface area (TPSA) is 64.6 Å². The number of nitrogens with one attached hydrogen (secondary N) is 1. The van der Waals surface area contributed by atoms with Crippen molar-refractivity contribution in [2.45, 2.75) is 33.4 Å². The molecule has 0 aliphatic carbocycles. The molecule has 0 heterocycles. The van der Waals surface area contributed by atoms with Crippen LogP contribution in [0.2, 0.25) is 0 Å². The standard InChI is InChI=1S/C9H20NO4P/c1-5-10-9(11)8(4)15(12,13-6-2)14-7-3/h8H,5-7H2,1-4H3,(H,10,11). The van der Waals surface area contributed by atoms with Crippen LogP contribution in [0.3, 0.4) is 0 Å². The van der Waals surface area contributed by atoms with E-state index in [0.717, 1.165) is 0 Å². The van der Waals surface area contributed by atoms with Gasteiger partial charge in [-0.25, -0.2) is 0 Å². The third kappa shape index (κ3) is 4.33. The first-order valence-electron chi connectivity index (χ1n) is 5.18. The molecule has 90 valence electrons. The van der Waals surface area contributed by atoms with Crippen LogP contribution in [0, 0.1) is 0 Å². The van der Waals surface area contributed by atoms with Gasteiger partial charge in [0.25, 0.3) is 0 Å². The van der Waals surface area contributed by atoms with Gasteiger partial charge in [-0.1, -0.05) is 0 Å². The number of hydrogen-bond donors (Lipinski definition) is 1. The van der Waals surface area contributed by atoms with Gasteiger partial charge in [0, 0.05) is 6.54 Å². The van der Waals surface area contributed by atoms with E-state index >= 15 is 0 Å². The van der Waals surface area contributed by atoms with Crippen LogP contribution in [0.15, 0.2) is 0 Å². The summed E-state index contributed by atoms with van der Waals surface area (Å²) in [5.74, 6) is -0.303. The Balaban J connectivity index is 4.60. The van der Waals surface area contributed by atoms with Gasteiger partial charge in [-0.05, 0) is 27.7 Å². The van der Waals surface area contributed by atoms with Crippen molar-refractivity contribution in [2.24, 2.45) is 0 Å². The molecule has 0 spiro atoms. The first kappa shape index (κ1) is 14.6. The number of carbonyl (C=O) groups is 1. The molecule has 0 aliphatic rings. The van der Waals surface area contributed by atoms with Crippen molar-refractivity contribution in [1.29, 1.82) is 0 Å². The van der Waals surface area contributed by atoms with Crippen LogP contribution in [-0.4, -0.2) is 31.3 Å². The molecule has 5 nitrogen and oxygen atoms in total. The summed E-state index contributed by atoms with van der Waals surface area (Å²) in [6.07, 6.45) is 0. The van der Waals surface area contributed by atoms with Gasteiger partial charge in [-0.2, -0.15) is 0 Å². The van der Waals surface area contributed by atoms with Crippen LogP contribution in [0.25, 0.3) is 0 Å². The summed E-state index contributed by atoms with van der Waals surface area (Å²) in [6.45, 7) is 7.82. The van der Waals surface area contributed by atoms with Gasteiger partial charge in [0.05, 0.1) is 13.2 Å². The predicted octanol–water partition coefficient (Wildman–Crippen LogP) is 1.78. The Morgan fingerprint density at radius 2 is 1.73 bits per heavy atom. The molecule has 1 atom stereocenters. The smallest absolute Gasteiger partial charge is 0.342 e. The molecule has 0 saturated heterocycles. The van der Waals surface area contributed by atoms with E-state index in [1.165, 1.54) is 0 Å². The quantitative estimate of drug-likeness (QED) is 0.685. The molecule has 0 aromatic heterocycles. The van der Waals surface area contributed by atoms with Crippen LogP contribution < -0.4 is 5.32 Å². The first-order valence-corrected chi connectivity index (χ1v) is 6.79. The van der Waals surface area contributed by atoms with Crippen LogP contribution in [-0.2, 0) is 18.4 Å². The van der Waals surface area contributed by atoms with Crippen molar-refractivity contribution in [3.05, 3.63) is 0 Å². The van der Waals surface area contributed by atoms with Crippen LogP contribution >= 0.6 is 7.60 Å². The molecule has 0 saturated carbocycles. The Kier molecular flexibility index (Phi) is 6.81. The van der Waals surface area contributed by atoms with Crippen molar-refractivity contribution in [3.8, 4) is 0 Å². The van der Waals surface area contributed by atoms with Crippen LogP contribution in [0.4, 0.5) is 0 Å². The second-order valence-corrected chi connectivity index (χ2v) is 5.32. The molecule has 15 heavy (non-hydrogen) atoms. The molecule has 0 aromatic carbocycles. The molecule has 1 amide bonds.